The zero-order chi connectivity index (χ0) is 17.6. The van der Waals surface area contributed by atoms with Gasteiger partial charge in [0.25, 0.3) is 5.91 Å². The summed E-state index contributed by atoms with van der Waals surface area (Å²) in [4.78, 5) is 16.7. The number of para-hydroxylation sites is 1. The number of rotatable bonds is 2. The van der Waals surface area contributed by atoms with E-state index in [2.05, 4.69) is 5.10 Å². The first kappa shape index (κ1) is 16.3. The highest BCUT2D eigenvalue weighted by atomic mass is 32.1. The molecule has 1 fully saturated rings. The first-order valence-electron chi connectivity index (χ1n) is 8.52. The van der Waals surface area contributed by atoms with Crippen LogP contribution >= 0.6 is 11.3 Å². The standard InChI is InChI=1S/C19H21N3O2S/c1-12-10-21(11-13(2)24-12)18(23)17-9-16-14(3)20-22(19(16)25-17)15-7-5-4-6-8-15/h4-9,12-13H,10-11H2,1-3H3/t12-,13-/m1/s1. The Bertz CT molecular complexity index is 906. The molecular weight excluding hydrogens is 334 g/mol. The van der Waals surface area contributed by atoms with Crippen LogP contribution in [-0.4, -0.2) is 45.9 Å². The van der Waals surface area contributed by atoms with Crippen molar-refractivity contribution in [2.24, 2.45) is 0 Å². The molecule has 3 aromatic rings. The summed E-state index contributed by atoms with van der Waals surface area (Å²) in [6.45, 7) is 7.29. The van der Waals surface area contributed by atoms with Gasteiger partial charge in [0, 0.05) is 18.5 Å². The molecule has 1 amide bonds. The molecule has 6 heteroatoms. The van der Waals surface area contributed by atoms with E-state index in [1.54, 1.807) is 0 Å². The van der Waals surface area contributed by atoms with Crippen molar-refractivity contribution in [3.05, 3.63) is 47.0 Å². The topological polar surface area (TPSA) is 47.4 Å². The Morgan fingerprint density at radius 1 is 1.20 bits per heavy atom. The number of morpholine rings is 1. The number of nitrogens with zero attached hydrogens (tertiary/aromatic N) is 3. The van der Waals surface area contributed by atoms with E-state index in [1.807, 2.05) is 66.8 Å². The monoisotopic (exact) mass is 355 g/mol. The average molecular weight is 355 g/mol. The maximum Gasteiger partial charge on any atom is 0.264 e. The molecule has 0 spiro atoms. The lowest BCUT2D eigenvalue weighted by atomic mass is 10.2. The van der Waals surface area contributed by atoms with Crippen LogP contribution in [0.25, 0.3) is 15.9 Å². The van der Waals surface area contributed by atoms with Crippen LogP contribution in [0.2, 0.25) is 0 Å². The first-order valence-corrected chi connectivity index (χ1v) is 9.34. The second kappa shape index (κ2) is 6.28. The second-order valence-corrected chi connectivity index (χ2v) is 7.66. The maximum absolute atomic E-state index is 13.0. The molecule has 1 aliphatic heterocycles. The maximum atomic E-state index is 13.0. The van der Waals surface area contributed by atoms with E-state index in [0.29, 0.717) is 13.1 Å². The first-order chi connectivity index (χ1) is 12.0. The van der Waals surface area contributed by atoms with Gasteiger partial charge in [-0.25, -0.2) is 4.68 Å². The van der Waals surface area contributed by atoms with Gasteiger partial charge in [-0.1, -0.05) is 18.2 Å². The molecule has 2 atom stereocenters. The van der Waals surface area contributed by atoms with E-state index in [9.17, 15) is 4.79 Å². The van der Waals surface area contributed by atoms with E-state index in [1.165, 1.54) is 11.3 Å². The minimum atomic E-state index is 0.0728. The smallest absolute Gasteiger partial charge is 0.264 e. The van der Waals surface area contributed by atoms with Crippen LogP contribution in [0.15, 0.2) is 36.4 Å². The summed E-state index contributed by atoms with van der Waals surface area (Å²) in [6.07, 6.45) is 0.146. The van der Waals surface area contributed by atoms with Gasteiger partial charge in [-0.3, -0.25) is 4.79 Å². The molecule has 0 radical (unpaired) electrons. The van der Waals surface area contributed by atoms with Gasteiger partial charge in [0.05, 0.1) is 28.5 Å². The molecule has 0 N–H and O–H groups in total. The Balaban J connectivity index is 1.71. The molecule has 0 saturated carbocycles. The van der Waals surface area contributed by atoms with Gasteiger partial charge in [0.2, 0.25) is 0 Å². The molecule has 1 aliphatic rings. The van der Waals surface area contributed by atoms with Crippen LogP contribution in [0.1, 0.15) is 29.2 Å². The highest BCUT2D eigenvalue weighted by Gasteiger charge is 2.28. The summed E-state index contributed by atoms with van der Waals surface area (Å²) in [7, 11) is 0. The molecule has 2 aromatic heterocycles. The predicted octanol–water partition coefficient (Wildman–Crippen LogP) is 3.64. The third-order valence-corrected chi connectivity index (χ3v) is 5.56. The van der Waals surface area contributed by atoms with Crippen molar-refractivity contribution in [3.63, 3.8) is 0 Å². The summed E-state index contributed by atoms with van der Waals surface area (Å²) in [5, 5.41) is 5.69. The molecule has 3 heterocycles. The Hall–Kier alpha value is -2.18. The number of aromatic nitrogens is 2. The fourth-order valence-electron chi connectivity index (χ4n) is 3.40. The van der Waals surface area contributed by atoms with Crippen molar-refractivity contribution in [1.82, 2.24) is 14.7 Å². The van der Waals surface area contributed by atoms with Crippen molar-refractivity contribution in [1.29, 1.82) is 0 Å². The minimum absolute atomic E-state index is 0.0728. The number of amides is 1. The number of hydrogen-bond donors (Lipinski definition) is 0. The predicted molar refractivity (Wildman–Crippen MR) is 99.6 cm³/mol. The fourth-order valence-corrected chi connectivity index (χ4v) is 4.55. The van der Waals surface area contributed by atoms with E-state index in [0.717, 1.165) is 26.5 Å². The van der Waals surface area contributed by atoms with Crippen molar-refractivity contribution < 1.29 is 9.53 Å². The number of benzene rings is 1. The summed E-state index contributed by atoms with van der Waals surface area (Å²) in [5.74, 6) is 0.0854. The van der Waals surface area contributed by atoms with Gasteiger partial charge < -0.3 is 9.64 Å². The van der Waals surface area contributed by atoms with E-state index >= 15 is 0 Å². The quantitative estimate of drug-likeness (QED) is 0.705. The highest BCUT2D eigenvalue weighted by molar-refractivity contribution is 7.20. The summed E-state index contributed by atoms with van der Waals surface area (Å²) >= 11 is 1.51. The third-order valence-electron chi connectivity index (χ3n) is 4.46. The van der Waals surface area contributed by atoms with Crippen LogP contribution in [0.4, 0.5) is 0 Å². The van der Waals surface area contributed by atoms with Crippen LogP contribution in [0.5, 0.6) is 0 Å². The Kier molecular flexibility index (Phi) is 4.09. The lowest BCUT2D eigenvalue weighted by molar-refractivity contribution is -0.0585. The number of carbonyl (C=O) groups is 1. The Morgan fingerprint density at radius 3 is 2.56 bits per heavy atom. The van der Waals surface area contributed by atoms with Crippen molar-refractivity contribution in [2.75, 3.05) is 13.1 Å². The van der Waals surface area contributed by atoms with Crippen molar-refractivity contribution >= 4 is 27.5 Å². The van der Waals surface area contributed by atoms with E-state index in [-0.39, 0.29) is 18.1 Å². The van der Waals surface area contributed by atoms with Crippen LogP contribution < -0.4 is 0 Å². The molecular formula is C19H21N3O2S. The van der Waals surface area contributed by atoms with Crippen LogP contribution in [0.3, 0.4) is 0 Å². The summed E-state index contributed by atoms with van der Waals surface area (Å²) in [6, 6.07) is 12.0. The zero-order valence-corrected chi connectivity index (χ0v) is 15.4. The lowest BCUT2D eigenvalue weighted by Crippen LogP contribution is -2.48. The molecule has 1 saturated heterocycles. The summed E-state index contributed by atoms with van der Waals surface area (Å²) in [5.41, 5.74) is 1.95. The van der Waals surface area contributed by atoms with Gasteiger partial charge in [-0.2, -0.15) is 5.10 Å². The molecule has 0 aliphatic carbocycles. The molecule has 1 aromatic carbocycles. The second-order valence-electron chi connectivity index (χ2n) is 6.63. The Labute approximate surface area is 150 Å². The average Bonchev–Trinajstić information content (AvgIpc) is 3.15. The molecule has 25 heavy (non-hydrogen) atoms. The zero-order valence-electron chi connectivity index (χ0n) is 14.6. The van der Waals surface area contributed by atoms with E-state index < -0.39 is 0 Å². The minimum Gasteiger partial charge on any atom is -0.372 e. The van der Waals surface area contributed by atoms with E-state index in [4.69, 9.17) is 4.74 Å². The van der Waals surface area contributed by atoms with Gasteiger partial charge in [0.1, 0.15) is 4.83 Å². The van der Waals surface area contributed by atoms with Crippen LogP contribution in [0, 0.1) is 6.92 Å². The number of carbonyl (C=O) groups excluding carboxylic acids is 1. The number of ether oxygens (including phenoxy) is 1. The molecule has 4 rings (SSSR count). The van der Waals surface area contributed by atoms with Gasteiger partial charge in [-0.15, -0.1) is 11.3 Å². The van der Waals surface area contributed by atoms with Gasteiger partial charge >= 0.3 is 0 Å². The number of thiophene rings is 1. The molecule has 130 valence electrons. The molecule has 5 nitrogen and oxygen atoms in total. The fraction of sp³-hybridized carbons (Fsp3) is 0.368. The lowest BCUT2D eigenvalue weighted by Gasteiger charge is -2.35. The third kappa shape index (κ3) is 2.96. The normalized spacial score (nSPS) is 21.0. The molecule has 0 bridgehead atoms. The molecule has 0 unspecified atom stereocenters. The number of aryl methyl sites for hydroxylation is 1. The Morgan fingerprint density at radius 2 is 1.88 bits per heavy atom. The van der Waals surface area contributed by atoms with Gasteiger partial charge in [0.15, 0.2) is 0 Å². The van der Waals surface area contributed by atoms with Crippen molar-refractivity contribution in [3.8, 4) is 5.69 Å². The SMILES string of the molecule is Cc1nn(-c2ccccc2)c2sc(C(=O)N3C[C@@H](C)O[C@H](C)C3)cc12. The largest absolute Gasteiger partial charge is 0.372 e. The van der Waals surface area contributed by atoms with Crippen LogP contribution in [-0.2, 0) is 4.74 Å². The number of fused-ring (bicyclic) bond motifs is 1. The number of hydrogen-bond acceptors (Lipinski definition) is 4. The summed E-state index contributed by atoms with van der Waals surface area (Å²) < 4.78 is 7.67. The highest BCUT2D eigenvalue weighted by Crippen LogP contribution is 2.31. The van der Waals surface area contributed by atoms with Gasteiger partial charge in [-0.05, 0) is 39.0 Å². The van der Waals surface area contributed by atoms with Crippen molar-refractivity contribution in [2.45, 2.75) is 33.0 Å².